The average molecular weight is 551 g/mol. The molecule has 39 heavy (non-hydrogen) atoms. The predicted octanol–water partition coefficient (Wildman–Crippen LogP) is 4.29. The molecular weight excluding hydrogens is 516 g/mol. The minimum Gasteiger partial charge on any atom is -0.497 e. The van der Waals surface area contributed by atoms with Crippen LogP contribution in [0.15, 0.2) is 53.5 Å². The zero-order valence-corrected chi connectivity index (χ0v) is 23.0. The zero-order chi connectivity index (χ0) is 27.8. The van der Waals surface area contributed by atoms with Gasteiger partial charge in [-0.1, -0.05) is 30.3 Å². The van der Waals surface area contributed by atoms with Gasteiger partial charge in [0.05, 0.1) is 30.6 Å². The topological polar surface area (TPSA) is 124 Å². The quantitative estimate of drug-likeness (QED) is 0.398. The SMILES string of the molecule is COc1ccc(CC[C@H]2CN(C3=Nc4ccccc4Cc4sc(C)nc43)CCN2)cc1.O=C(O)CCC(=O)O. The molecule has 1 atom stereocenters. The van der Waals surface area contributed by atoms with Gasteiger partial charge in [0, 0.05) is 37.0 Å². The highest BCUT2D eigenvalue weighted by Gasteiger charge is 2.28. The zero-order valence-electron chi connectivity index (χ0n) is 22.2. The van der Waals surface area contributed by atoms with Gasteiger partial charge in [-0.05, 0) is 49.1 Å². The molecule has 1 aromatic heterocycles. The van der Waals surface area contributed by atoms with Gasteiger partial charge in [-0.25, -0.2) is 9.98 Å². The van der Waals surface area contributed by atoms with Gasteiger partial charge in [-0.15, -0.1) is 11.3 Å². The lowest BCUT2D eigenvalue weighted by Crippen LogP contribution is -2.53. The second kappa shape index (κ2) is 13.3. The maximum atomic E-state index is 9.64. The van der Waals surface area contributed by atoms with Crippen LogP contribution in [-0.2, 0) is 22.4 Å². The van der Waals surface area contributed by atoms with Crippen molar-refractivity contribution in [2.45, 2.75) is 45.1 Å². The van der Waals surface area contributed by atoms with Gasteiger partial charge < -0.3 is 25.2 Å². The summed E-state index contributed by atoms with van der Waals surface area (Å²) < 4.78 is 5.27. The maximum absolute atomic E-state index is 9.64. The van der Waals surface area contributed by atoms with Crippen LogP contribution in [-0.4, -0.2) is 70.7 Å². The van der Waals surface area contributed by atoms with Crippen molar-refractivity contribution in [1.29, 1.82) is 0 Å². The number of thiazole rings is 1. The number of nitrogens with zero attached hydrogens (tertiary/aromatic N) is 3. The number of hydrogen-bond acceptors (Lipinski definition) is 8. The summed E-state index contributed by atoms with van der Waals surface area (Å²) in [5.74, 6) is -0.202. The summed E-state index contributed by atoms with van der Waals surface area (Å²) in [5.41, 5.74) is 4.79. The van der Waals surface area contributed by atoms with Gasteiger partial charge in [-0.3, -0.25) is 9.59 Å². The van der Waals surface area contributed by atoms with Crippen molar-refractivity contribution in [2.24, 2.45) is 4.99 Å². The number of aryl methyl sites for hydroxylation is 2. The van der Waals surface area contributed by atoms with Crippen molar-refractivity contribution in [3.63, 3.8) is 0 Å². The fraction of sp³-hybridized carbons (Fsp3) is 0.379. The second-order valence-electron chi connectivity index (χ2n) is 9.52. The largest absolute Gasteiger partial charge is 0.497 e. The number of aliphatic carboxylic acids is 2. The number of nitrogens with one attached hydrogen (secondary N) is 1. The minimum atomic E-state index is -1.08. The van der Waals surface area contributed by atoms with E-state index in [0.717, 1.165) is 66.9 Å². The molecule has 0 saturated carbocycles. The van der Waals surface area contributed by atoms with E-state index in [1.54, 1.807) is 18.4 Å². The van der Waals surface area contributed by atoms with Crippen LogP contribution < -0.4 is 10.1 Å². The molecule has 5 rings (SSSR count). The number of methoxy groups -OCH3 is 1. The number of rotatable bonds is 7. The molecule has 0 radical (unpaired) electrons. The Balaban J connectivity index is 0.000000386. The molecule has 0 bridgehead atoms. The summed E-state index contributed by atoms with van der Waals surface area (Å²) in [6, 6.07) is 17.3. The lowest BCUT2D eigenvalue weighted by atomic mass is 10.0. The van der Waals surface area contributed by atoms with Crippen LogP contribution in [0.5, 0.6) is 5.75 Å². The first kappa shape index (κ1) is 28.3. The molecule has 2 aliphatic heterocycles. The Labute approximate surface area is 232 Å². The highest BCUT2D eigenvalue weighted by atomic mass is 32.1. The third-order valence-corrected chi connectivity index (χ3v) is 7.60. The van der Waals surface area contributed by atoms with E-state index >= 15 is 0 Å². The van der Waals surface area contributed by atoms with E-state index < -0.39 is 11.9 Å². The number of carboxylic acid groups (broad SMARTS) is 2. The van der Waals surface area contributed by atoms with Crippen LogP contribution in [0.3, 0.4) is 0 Å². The number of hydrogen-bond donors (Lipinski definition) is 3. The van der Waals surface area contributed by atoms with Gasteiger partial charge >= 0.3 is 11.9 Å². The van der Waals surface area contributed by atoms with E-state index in [4.69, 9.17) is 24.9 Å². The highest BCUT2D eigenvalue weighted by Crippen LogP contribution is 2.32. The van der Waals surface area contributed by atoms with Crippen molar-refractivity contribution in [3.8, 4) is 5.75 Å². The molecule has 0 amide bonds. The Bertz CT molecular complexity index is 1310. The van der Waals surface area contributed by atoms with Crippen LogP contribution in [0.25, 0.3) is 0 Å². The van der Waals surface area contributed by atoms with E-state index in [2.05, 4.69) is 53.5 Å². The number of aliphatic imine (C=N–C) groups is 1. The molecule has 2 aromatic carbocycles. The lowest BCUT2D eigenvalue weighted by Gasteiger charge is -2.35. The van der Waals surface area contributed by atoms with E-state index in [1.807, 2.05) is 12.1 Å². The Morgan fingerprint density at radius 2 is 1.82 bits per heavy atom. The molecule has 9 nitrogen and oxygen atoms in total. The number of fused-ring (bicyclic) bond motifs is 2. The molecule has 0 spiro atoms. The highest BCUT2D eigenvalue weighted by molar-refractivity contribution is 7.11. The van der Waals surface area contributed by atoms with Crippen LogP contribution in [0, 0.1) is 6.92 Å². The summed E-state index contributed by atoms with van der Waals surface area (Å²) in [7, 11) is 1.71. The van der Waals surface area contributed by atoms with Crippen molar-refractivity contribution in [3.05, 3.63) is 75.2 Å². The summed E-state index contributed by atoms with van der Waals surface area (Å²) >= 11 is 1.80. The Hall–Kier alpha value is -3.76. The van der Waals surface area contributed by atoms with Gasteiger partial charge in [-0.2, -0.15) is 0 Å². The number of ether oxygens (including phenoxy) is 1. The van der Waals surface area contributed by atoms with Crippen molar-refractivity contribution in [2.75, 3.05) is 26.7 Å². The Kier molecular flexibility index (Phi) is 9.67. The lowest BCUT2D eigenvalue weighted by molar-refractivity contribution is -0.143. The molecule has 0 unspecified atom stereocenters. The monoisotopic (exact) mass is 550 g/mol. The number of carbonyl (C=O) groups is 2. The third-order valence-electron chi connectivity index (χ3n) is 6.63. The summed E-state index contributed by atoms with van der Waals surface area (Å²) in [6.45, 7) is 4.97. The molecule has 1 fully saturated rings. The van der Waals surface area contributed by atoms with Gasteiger partial charge in [0.25, 0.3) is 0 Å². The predicted molar refractivity (Wildman–Crippen MR) is 151 cm³/mol. The van der Waals surface area contributed by atoms with Crippen LogP contribution in [0.1, 0.15) is 46.0 Å². The van der Waals surface area contributed by atoms with Crippen molar-refractivity contribution in [1.82, 2.24) is 15.2 Å². The number of amidine groups is 1. The maximum Gasteiger partial charge on any atom is 0.303 e. The first-order chi connectivity index (χ1) is 18.8. The Morgan fingerprint density at radius 1 is 1.10 bits per heavy atom. The first-order valence-corrected chi connectivity index (χ1v) is 13.8. The second-order valence-corrected chi connectivity index (χ2v) is 10.8. The number of aromatic nitrogens is 1. The van der Waals surface area contributed by atoms with E-state index in [9.17, 15) is 9.59 Å². The van der Waals surface area contributed by atoms with E-state index in [-0.39, 0.29) is 12.8 Å². The molecule has 206 valence electrons. The summed E-state index contributed by atoms with van der Waals surface area (Å²) in [4.78, 5) is 33.1. The fourth-order valence-corrected chi connectivity index (χ4v) is 5.61. The molecule has 2 aliphatic rings. The van der Waals surface area contributed by atoms with Crippen LogP contribution >= 0.6 is 11.3 Å². The summed E-state index contributed by atoms with van der Waals surface area (Å²) in [6.07, 6.45) is 2.46. The van der Waals surface area contributed by atoms with Crippen molar-refractivity contribution < 1.29 is 24.5 Å². The standard InChI is InChI=1S/C25H28N4OS.C4H6O4/c1-17-27-24-23(31-17)15-19-5-3-4-6-22(19)28-25(24)29-14-13-26-20(16-29)10-7-18-8-11-21(30-2)12-9-18;5-3(6)1-2-4(7)8/h3-6,8-9,11-12,20,26H,7,10,13-16H2,1-2H3;1-2H2,(H,5,6)(H,7,8)/t20-;/m0./s1. The smallest absolute Gasteiger partial charge is 0.303 e. The third kappa shape index (κ3) is 7.87. The number of benzene rings is 2. The normalized spacial score (nSPS) is 16.1. The van der Waals surface area contributed by atoms with Crippen molar-refractivity contribution >= 4 is 34.8 Å². The molecule has 10 heteroatoms. The van der Waals surface area contributed by atoms with Crippen LogP contribution in [0.4, 0.5) is 5.69 Å². The number of carboxylic acids is 2. The Morgan fingerprint density at radius 3 is 2.51 bits per heavy atom. The van der Waals surface area contributed by atoms with Gasteiger partial charge in [0.15, 0.2) is 5.84 Å². The van der Waals surface area contributed by atoms with E-state index in [0.29, 0.717) is 6.04 Å². The molecule has 3 heterocycles. The first-order valence-electron chi connectivity index (χ1n) is 13.0. The van der Waals surface area contributed by atoms with E-state index in [1.165, 1.54) is 16.0 Å². The molecule has 0 aliphatic carbocycles. The molecule has 3 aromatic rings. The van der Waals surface area contributed by atoms with Crippen LogP contribution in [0.2, 0.25) is 0 Å². The van der Waals surface area contributed by atoms with Gasteiger partial charge in [0.2, 0.25) is 0 Å². The number of para-hydroxylation sites is 1. The molecule has 1 saturated heterocycles. The average Bonchev–Trinajstić information content (AvgIpc) is 3.22. The molecule has 3 N–H and O–H groups in total. The summed E-state index contributed by atoms with van der Waals surface area (Å²) in [5, 5.41) is 20.6. The van der Waals surface area contributed by atoms with Gasteiger partial charge in [0.1, 0.15) is 11.4 Å². The number of piperazine rings is 1. The minimum absolute atomic E-state index is 0.296. The fourth-order valence-electron chi connectivity index (χ4n) is 4.65. The molecular formula is C29H34N4O5S.